The van der Waals surface area contributed by atoms with E-state index in [9.17, 15) is 13.2 Å². The first kappa shape index (κ1) is 18.8. The summed E-state index contributed by atoms with van der Waals surface area (Å²) < 4.78 is 23.3. The number of nitrogens with zero attached hydrogens (tertiary/aromatic N) is 3. The van der Waals surface area contributed by atoms with Crippen LogP contribution in [-0.2, 0) is 9.84 Å². The number of hydrogen-bond donors (Lipinski definition) is 1. The highest BCUT2D eigenvalue weighted by Gasteiger charge is 2.33. The SMILES string of the molecule is CN(C(=O)c1ccnc(NCCC2=CCCCC2)n1)C1CCS(=O)(=O)C1. The fraction of sp³-hybridized carbons (Fsp3) is 0.611. The van der Waals surface area contributed by atoms with E-state index in [1.807, 2.05) is 0 Å². The summed E-state index contributed by atoms with van der Waals surface area (Å²) in [4.78, 5) is 22.6. The second kappa shape index (κ2) is 8.16. The molecule has 1 aromatic rings. The van der Waals surface area contributed by atoms with Gasteiger partial charge in [0.05, 0.1) is 11.5 Å². The van der Waals surface area contributed by atoms with E-state index >= 15 is 0 Å². The van der Waals surface area contributed by atoms with Crippen molar-refractivity contribution in [3.05, 3.63) is 29.6 Å². The molecule has 0 spiro atoms. The number of carbonyl (C=O) groups excluding carboxylic acids is 1. The molecule has 142 valence electrons. The molecule has 7 nitrogen and oxygen atoms in total. The van der Waals surface area contributed by atoms with Crippen molar-refractivity contribution in [2.75, 3.05) is 30.4 Å². The van der Waals surface area contributed by atoms with Gasteiger partial charge in [0.1, 0.15) is 5.69 Å². The highest BCUT2D eigenvalue weighted by atomic mass is 32.2. The van der Waals surface area contributed by atoms with Crippen LogP contribution in [0.25, 0.3) is 0 Å². The molecule has 1 aromatic heterocycles. The Kier molecular flexibility index (Phi) is 5.90. The van der Waals surface area contributed by atoms with Gasteiger partial charge >= 0.3 is 0 Å². The van der Waals surface area contributed by atoms with Gasteiger partial charge in [-0.05, 0) is 44.6 Å². The minimum Gasteiger partial charge on any atom is -0.354 e. The van der Waals surface area contributed by atoms with E-state index in [0.717, 1.165) is 19.4 Å². The number of hydrogen-bond acceptors (Lipinski definition) is 6. The van der Waals surface area contributed by atoms with Gasteiger partial charge in [-0.3, -0.25) is 4.79 Å². The van der Waals surface area contributed by atoms with Crippen LogP contribution >= 0.6 is 0 Å². The normalized spacial score (nSPS) is 21.9. The number of carbonyl (C=O) groups is 1. The maximum Gasteiger partial charge on any atom is 0.272 e. The van der Waals surface area contributed by atoms with Gasteiger partial charge < -0.3 is 10.2 Å². The van der Waals surface area contributed by atoms with Crippen LogP contribution in [0.5, 0.6) is 0 Å². The molecule has 0 saturated carbocycles. The molecule has 0 bridgehead atoms. The van der Waals surface area contributed by atoms with Gasteiger partial charge in [0.2, 0.25) is 5.95 Å². The number of aromatic nitrogens is 2. The Bertz CT molecular complexity index is 791. The summed E-state index contributed by atoms with van der Waals surface area (Å²) >= 11 is 0. The van der Waals surface area contributed by atoms with Crippen molar-refractivity contribution in [1.82, 2.24) is 14.9 Å². The first-order chi connectivity index (χ1) is 12.4. The molecule has 1 N–H and O–H groups in total. The molecule has 2 heterocycles. The lowest BCUT2D eigenvalue weighted by atomic mass is 9.97. The van der Waals surface area contributed by atoms with Gasteiger partial charge in [-0.25, -0.2) is 18.4 Å². The first-order valence-corrected chi connectivity index (χ1v) is 11.0. The van der Waals surface area contributed by atoms with Gasteiger partial charge in [-0.1, -0.05) is 11.6 Å². The number of allylic oxidation sites excluding steroid dienone is 1. The van der Waals surface area contributed by atoms with Crippen molar-refractivity contribution in [2.45, 2.75) is 44.6 Å². The maximum atomic E-state index is 12.6. The van der Waals surface area contributed by atoms with E-state index < -0.39 is 9.84 Å². The van der Waals surface area contributed by atoms with Crippen LogP contribution in [0.15, 0.2) is 23.9 Å². The molecule has 8 heteroatoms. The zero-order valence-corrected chi connectivity index (χ0v) is 16.0. The second-order valence-electron chi connectivity index (χ2n) is 7.02. The van der Waals surface area contributed by atoms with Crippen molar-refractivity contribution in [3.63, 3.8) is 0 Å². The lowest BCUT2D eigenvalue weighted by Gasteiger charge is -2.23. The summed E-state index contributed by atoms with van der Waals surface area (Å²) in [7, 11) is -1.39. The van der Waals surface area contributed by atoms with Gasteiger partial charge in [-0.2, -0.15) is 0 Å². The summed E-state index contributed by atoms with van der Waals surface area (Å²) in [5, 5.41) is 3.18. The van der Waals surface area contributed by atoms with E-state index in [1.165, 1.54) is 29.7 Å². The quantitative estimate of drug-likeness (QED) is 0.762. The van der Waals surface area contributed by atoms with Crippen molar-refractivity contribution >= 4 is 21.7 Å². The smallest absolute Gasteiger partial charge is 0.272 e. The highest BCUT2D eigenvalue weighted by Crippen LogP contribution is 2.20. The second-order valence-corrected chi connectivity index (χ2v) is 9.25. The third-order valence-electron chi connectivity index (χ3n) is 5.07. The molecule has 1 fully saturated rings. The van der Waals surface area contributed by atoms with Crippen molar-refractivity contribution < 1.29 is 13.2 Å². The van der Waals surface area contributed by atoms with Crippen molar-refractivity contribution in [3.8, 4) is 0 Å². The van der Waals surface area contributed by atoms with Crippen LogP contribution in [0, 0.1) is 0 Å². The molecule has 1 aliphatic carbocycles. The molecule has 26 heavy (non-hydrogen) atoms. The molecule has 0 radical (unpaired) electrons. The topological polar surface area (TPSA) is 92.3 Å². The molecular formula is C18H26N4O3S. The summed E-state index contributed by atoms with van der Waals surface area (Å²) in [5.74, 6) is 0.328. The molecular weight excluding hydrogens is 352 g/mol. The van der Waals surface area contributed by atoms with Crippen LogP contribution in [0.1, 0.15) is 49.0 Å². The Morgan fingerprint density at radius 3 is 2.92 bits per heavy atom. The molecule has 1 aliphatic heterocycles. The van der Waals surface area contributed by atoms with Gasteiger partial charge in [0.25, 0.3) is 5.91 Å². The average Bonchev–Trinajstić information content (AvgIpc) is 3.01. The predicted molar refractivity (Wildman–Crippen MR) is 101 cm³/mol. The Labute approximate surface area is 154 Å². The summed E-state index contributed by atoms with van der Waals surface area (Å²) in [6.45, 7) is 0.736. The summed E-state index contributed by atoms with van der Waals surface area (Å²) in [6.07, 6.45) is 10.2. The van der Waals surface area contributed by atoms with Crippen molar-refractivity contribution in [1.29, 1.82) is 0 Å². The first-order valence-electron chi connectivity index (χ1n) is 9.17. The Hall–Kier alpha value is -1.96. The lowest BCUT2D eigenvalue weighted by Crippen LogP contribution is -2.38. The number of amides is 1. The van der Waals surface area contributed by atoms with E-state index in [-0.39, 0.29) is 29.1 Å². The van der Waals surface area contributed by atoms with Gasteiger partial charge in [0, 0.05) is 25.8 Å². The summed E-state index contributed by atoms with van der Waals surface area (Å²) in [6, 6.07) is 1.29. The molecule has 0 aromatic carbocycles. The molecule has 2 aliphatic rings. The fourth-order valence-corrected chi connectivity index (χ4v) is 5.23. The van der Waals surface area contributed by atoms with E-state index in [0.29, 0.717) is 12.4 Å². The van der Waals surface area contributed by atoms with Crippen molar-refractivity contribution in [2.24, 2.45) is 0 Å². The minimum atomic E-state index is -3.03. The molecule has 3 rings (SSSR count). The Morgan fingerprint density at radius 1 is 1.38 bits per heavy atom. The van der Waals surface area contributed by atoms with Crippen LogP contribution in [0.2, 0.25) is 0 Å². The number of rotatable bonds is 6. The number of sulfone groups is 1. The molecule has 1 unspecified atom stereocenters. The Balaban J connectivity index is 1.57. The zero-order chi connectivity index (χ0) is 18.6. The van der Waals surface area contributed by atoms with Gasteiger partial charge in [0.15, 0.2) is 9.84 Å². The monoisotopic (exact) mass is 378 g/mol. The maximum absolute atomic E-state index is 12.6. The third-order valence-corrected chi connectivity index (χ3v) is 6.82. The number of anilines is 1. The van der Waals surface area contributed by atoms with E-state index in [1.54, 1.807) is 19.3 Å². The van der Waals surface area contributed by atoms with E-state index in [4.69, 9.17) is 0 Å². The fourth-order valence-electron chi connectivity index (χ4n) is 3.46. The molecule has 1 saturated heterocycles. The highest BCUT2D eigenvalue weighted by molar-refractivity contribution is 7.91. The van der Waals surface area contributed by atoms with Gasteiger partial charge in [-0.15, -0.1) is 0 Å². The summed E-state index contributed by atoms with van der Waals surface area (Å²) in [5.41, 5.74) is 1.75. The third kappa shape index (κ3) is 4.81. The van der Waals surface area contributed by atoms with Crippen LogP contribution in [-0.4, -0.2) is 60.3 Å². The van der Waals surface area contributed by atoms with Crippen LogP contribution < -0.4 is 5.32 Å². The molecule has 1 atom stereocenters. The van der Waals surface area contributed by atoms with Crippen LogP contribution in [0.4, 0.5) is 5.95 Å². The predicted octanol–water partition coefficient (Wildman–Crippen LogP) is 2.04. The average molecular weight is 378 g/mol. The molecule has 1 amide bonds. The van der Waals surface area contributed by atoms with Crippen LogP contribution in [0.3, 0.4) is 0 Å². The minimum absolute atomic E-state index is 0.0283. The van der Waals surface area contributed by atoms with E-state index in [2.05, 4.69) is 21.4 Å². The zero-order valence-electron chi connectivity index (χ0n) is 15.1. The lowest BCUT2D eigenvalue weighted by molar-refractivity contribution is 0.0741. The standard InChI is InChI=1S/C18H26N4O3S/c1-22(15-9-12-26(24,25)13-15)17(23)16-8-11-20-18(21-16)19-10-7-14-5-3-2-4-6-14/h5,8,11,15H,2-4,6-7,9-10,12-13H2,1H3,(H,19,20,21). The Morgan fingerprint density at radius 2 is 2.23 bits per heavy atom. The largest absolute Gasteiger partial charge is 0.354 e. The number of nitrogens with one attached hydrogen (secondary N) is 1.